The Morgan fingerprint density at radius 3 is 2.71 bits per heavy atom. The van der Waals surface area contributed by atoms with Gasteiger partial charge in [-0.15, -0.1) is 11.3 Å². The molecule has 5 nitrogen and oxygen atoms in total. The van der Waals surface area contributed by atoms with Crippen molar-refractivity contribution >= 4 is 23.3 Å². The van der Waals surface area contributed by atoms with E-state index < -0.39 is 5.97 Å². The summed E-state index contributed by atoms with van der Waals surface area (Å²) in [5, 5.41) is 13.3. The van der Waals surface area contributed by atoms with Gasteiger partial charge in [0.2, 0.25) is 0 Å². The number of aryl methyl sites for hydroxylation is 1. The number of rotatable bonds is 5. The summed E-state index contributed by atoms with van der Waals surface area (Å²) < 4.78 is 0. The number of nitrogens with zero attached hydrogens (tertiary/aromatic N) is 1. The topological polar surface area (TPSA) is 69.6 Å². The summed E-state index contributed by atoms with van der Waals surface area (Å²) in [6, 6.07) is 1.64. The fraction of sp³-hybridized carbons (Fsp3) is 0.455. The van der Waals surface area contributed by atoms with Gasteiger partial charge in [-0.2, -0.15) is 0 Å². The van der Waals surface area contributed by atoms with Crippen LogP contribution in [0, 0.1) is 6.92 Å². The molecule has 0 spiro atoms. The van der Waals surface area contributed by atoms with Crippen molar-refractivity contribution in [1.82, 2.24) is 10.2 Å². The summed E-state index contributed by atoms with van der Waals surface area (Å²) in [6.45, 7) is 4.28. The first-order chi connectivity index (χ1) is 8.04. The number of likely N-dealkylation sites (N-methyl/N-ethyl adjacent to an activating group) is 1. The Labute approximate surface area is 104 Å². The number of amides is 2. The van der Waals surface area contributed by atoms with Crippen LogP contribution in [-0.2, 0) is 11.3 Å². The van der Waals surface area contributed by atoms with Gasteiger partial charge >= 0.3 is 12.0 Å². The van der Waals surface area contributed by atoms with Crippen LogP contribution in [0.2, 0.25) is 0 Å². The molecule has 2 N–H and O–H groups in total. The fourth-order valence-electron chi connectivity index (χ4n) is 1.34. The van der Waals surface area contributed by atoms with E-state index in [-0.39, 0.29) is 12.6 Å². The maximum Gasteiger partial charge on any atom is 0.323 e. The summed E-state index contributed by atoms with van der Waals surface area (Å²) >= 11 is 1.58. The van der Waals surface area contributed by atoms with Crippen molar-refractivity contribution in [1.29, 1.82) is 0 Å². The van der Waals surface area contributed by atoms with Crippen molar-refractivity contribution in [2.24, 2.45) is 0 Å². The molecule has 0 radical (unpaired) electrons. The molecule has 0 aliphatic heterocycles. The molecule has 94 valence electrons. The normalized spacial score (nSPS) is 10.0. The number of hydrogen-bond acceptors (Lipinski definition) is 3. The van der Waals surface area contributed by atoms with E-state index in [1.807, 2.05) is 18.4 Å². The Kier molecular flexibility index (Phi) is 4.96. The summed E-state index contributed by atoms with van der Waals surface area (Å²) in [6.07, 6.45) is 0. The van der Waals surface area contributed by atoms with Crippen LogP contribution in [0.25, 0.3) is 0 Å². The van der Waals surface area contributed by atoms with Gasteiger partial charge in [0.25, 0.3) is 0 Å². The number of hydrogen-bond donors (Lipinski definition) is 2. The van der Waals surface area contributed by atoms with E-state index >= 15 is 0 Å². The highest BCUT2D eigenvalue weighted by Crippen LogP contribution is 2.14. The molecule has 0 saturated heterocycles. The quantitative estimate of drug-likeness (QED) is 0.842. The fourth-order valence-corrected chi connectivity index (χ4v) is 2.19. The van der Waals surface area contributed by atoms with Gasteiger partial charge in [-0.3, -0.25) is 4.79 Å². The van der Waals surface area contributed by atoms with Crippen LogP contribution in [-0.4, -0.2) is 35.1 Å². The van der Waals surface area contributed by atoms with Crippen LogP contribution in [0.1, 0.15) is 17.4 Å². The second-order valence-electron chi connectivity index (χ2n) is 3.59. The van der Waals surface area contributed by atoms with Gasteiger partial charge in [-0.05, 0) is 30.9 Å². The highest BCUT2D eigenvalue weighted by molar-refractivity contribution is 7.10. The van der Waals surface area contributed by atoms with Crippen molar-refractivity contribution in [2.45, 2.75) is 20.4 Å². The largest absolute Gasteiger partial charge is 0.480 e. The monoisotopic (exact) mass is 256 g/mol. The molecule has 1 rings (SSSR count). The summed E-state index contributed by atoms with van der Waals surface area (Å²) in [7, 11) is 0. The van der Waals surface area contributed by atoms with Crippen LogP contribution < -0.4 is 5.32 Å². The highest BCUT2D eigenvalue weighted by atomic mass is 32.1. The van der Waals surface area contributed by atoms with Crippen LogP contribution in [0.3, 0.4) is 0 Å². The van der Waals surface area contributed by atoms with Gasteiger partial charge in [-0.25, -0.2) is 4.79 Å². The third-order valence-corrected chi connectivity index (χ3v) is 3.39. The molecule has 6 heteroatoms. The predicted molar refractivity (Wildman–Crippen MR) is 66.2 cm³/mol. The third kappa shape index (κ3) is 4.07. The Hall–Kier alpha value is -1.56. The first-order valence-corrected chi connectivity index (χ1v) is 6.20. The van der Waals surface area contributed by atoms with E-state index in [9.17, 15) is 9.59 Å². The third-order valence-electron chi connectivity index (χ3n) is 2.36. The van der Waals surface area contributed by atoms with Gasteiger partial charge in [0.15, 0.2) is 0 Å². The zero-order valence-corrected chi connectivity index (χ0v) is 10.7. The molecule has 0 atom stereocenters. The van der Waals surface area contributed by atoms with E-state index in [0.29, 0.717) is 13.1 Å². The smallest absolute Gasteiger partial charge is 0.323 e. The van der Waals surface area contributed by atoms with Crippen molar-refractivity contribution in [3.8, 4) is 0 Å². The number of aliphatic carboxylic acids is 1. The molecule has 0 aromatic carbocycles. The minimum absolute atomic E-state index is 0.272. The molecule has 0 aliphatic rings. The van der Waals surface area contributed by atoms with E-state index in [4.69, 9.17) is 5.11 Å². The lowest BCUT2D eigenvalue weighted by Crippen LogP contribution is -2.42. The summed E-state index contributed by atoms with van der Waals surface area (Å²) in [4.78, 5) is 24.6. The first kappa shape index (κ1) is 13.5. The molecule has 2 amide bonds. The minimum Gasteiger partial charge on any atom is -0.480 e. The minimum atomic E-state index is -1.01. The van der Waals surface area contributed by atoms with Crippen molar-refractivity contribution < 1.29 is 14.7 Å². The summed E-state index contributed by atoms with van der Waals surface area (Å²) in [5.41, 5.74) is 1.14. The average molecular weight is 256 g/mol. The number of carboxylic acids is 1. The molecular formula is C11H16N2O3S. The average Bonchev–Trinajstić information content (AvgIpc) is 2.68. The lowest BCUT2D eigenvalue weighted by atomic mass is 10.3. The van der Waals surface area contributed by atoms with E-state index in [0.717, 1.165) is 10.4 Å². The molecule has 1 aromatic heterocycles. The lowest BCUT2D eigenvalue weighted by molar-refractivity contribution is -0.137. The standard InChI is InChI=1S/C11H16N2O3S/c1-3-13(7-10(14)15)11(16)12-6-9-8(2)4-5-17-9/h4-5H,3,6-7H2,1-2H3,(H,12,16)(H,14,15). The Morgan fingerprint density at radius 1 is 1.53 bits per heavy atom. The molecule has 0 unspecified atom stereocenters. The first-order valence-electron chi connectivity index (χ1n) is 5.32. The second-order valence-corrected chi connectivity index (χ2v) is 4.59. The number of nitrogens with one attached hydrogen (secondary N) is 1. The van der Waals surface area contributed by atoms with Gasteiger partial charge < -0.3 is 15.3 Å². The molecule has 1 heterocycles. The Bertz CT molecular complexity index is 403. The summed E-state index contributed by atoms with van der Waals surface area (Å²) in [5.74, 6) is -1.01. The number of thiophene rings is 1. The maximum absolute atomic E-state index is 11.7. The zero-order chi connectivity index (χ0) is 12.8. The Balaban J connectivity index is 2.48. The van der Waals surface area contributed by atoms with Crippen LogP contribution in [0.4, 0.5) is 4.79 Å². The van der Waals surface area contributed by atoms with E-state index in [1.54, 1.807) is 18.3 Å². The number of carbonyl (C=O) groups excluding carboxylic acids is 1. The number of carboxylic acid groups (broad SMARTS) is 1. The molecule has 0 bridgehead atoms. The number of urea groups is 1. The molecule has 0 fully saturated rings. The second kappa shape index (κ2) is 6.24. The maximum atomic E-state index is 11.7. The van der Waals surface area contributed by atoms with Crippen LogP contribution >= 0.6 is 11.3 Å². The highest BCUT2D eigenvalue weighted by Gasteiger charge is 2.14. The van der Waals surface area contributed by atoms with Crippen molar-refractivity contribution in [3.05, 3.63) is 21.9 Å². The molecule has 1 aromatic rings. The van der Waals surface area contributed by atoms with E-state index in [1.165, 1.54) is 4.90 Å². The van der Waals surface area contributed by atoms with Crippen LogP contribution in [0.15, 0.2) is 11.4 Å². The van der Waals surface area contributed by atoms with Gasteiger partial charge in [0.05, 0.1) is 6.54 Å². The van der Waals surface area contributed by atoms with E-state index in [2.05, 4.69) is 5.32 Å². The van der Waals surface area contributed by atoms with Crippen molar-refractivity contribution in [2.75, 3.05) is 13.1 Å². The van der Waals surface area contributed by atoms with Crippen LogP contribution in [0.5, 0.6) is 0 Å². The molecule has 0 aliphatic carbocycles. The lowest BCUT2D eigenvalue weighted by Gasteiger charge is -2.18. The molecule has 0 saturated carbocycles. The molecular weight excluding hydrogens is 240 g/mol. The van der Waals surface area contributed by atoms with Gasteiger partial charge in [-0.1, -0.05) is 0 Å². The van der Waals surface area contributed by atoms with Gasteiger partial charge in [0, 0.05) is 11.4 Å². The number of carbonyl (C=O) groups is 2. The van der Waals surface area contributed by atoms with Gasteiger partial charge in [0.1, 0.15) is 6.54 Å². The van der Waals surface area contributed by atoms with Crippen molar-refractivity contribution in [3.63, 3.8) is 0 Å². The zero-order valence-electron chi connectivity index (χ0n) is 9.90. The molecule has 17 heavy (non-hydrogen) atoms. The predicted octanol–water partition coefficient (Wildman–Crippen LogP) is 1.67. The Morgan fingerprint density at radius 2 is 2.24 bits per heavy atom. The SMILES string of the molecule is CCN(CC(=O)O)C(=O)NCc1sccc1C.